The van der Waals surface area contributed by atoms with Gasteiger partial charge in [0.1, 0.15) is 11.4 Å². The molecule has 9 heteroatoms. The maximum absolute atomic E-state index is 13.1. The molecular weight excluding hydrogens is 446 g/mol. The van der Waals surface area contributed by atoms with Gasteiger partial charge in [-0.05, 0) is 77.1 Å². The first-order chi connectivity index (χ1) is 15.4. The predicted molar refractivity (Wildman–Crippen MR) is 122 cm³/mol. The van der Waals surface area contributed by atoms with Gasteiger partial charge < -0.3 is 13.9 Å². The first-order valence-electron chi connectivity index (χ1n) is 11.0. The van der Waals surface area contributed by atoms with E-state index in [-0.39, 0.29) is 24.1 Å². The number of benzene rings is 1. The molecule has 2 aromatic rings. The maximum Gasteiger partial charge on any atom is 0.337 e. The van der Waals surface area contributed by atoms with Crippen molar-refractivity contribution >= 4 is 21.8 Å². The summed E-state index contributed by atoms with van der Waals surface area (Å²) >= 11 is 0. The van der Waals surface area contributed by atoms with Gasteiger partial charge in [0.15, 0.2) is 9.84 Å². The Labute approximate surface area is 194 Å². The van der Waals surface area contributed by atoms with E-state index in [0.29, 0.717) is 47.7 Å². The first kappa shape index (κ1) is 25.0. The van der Waals surface area contributed by atoms with Gasteiger partial charge in [-0.25, -0.2) is 18.2 Å². The standard InChI is InChI=1S/C24H31NO7S/c1-15-20(25-22(31-15)17-7-9-18(10-8-17)23(27)30-5)14-33(28,29)19-11-6-16(12-19)13-21(26)32-24(2,3)4/h7-10,16,19H,6,11-14H2,1-5H3/t16-,19-/m0/s1. The minimum absolute atomic E-state index is 0.00178. The van der Waals surface area contributed by atoms with Crippen LogP contribution in [0, 0.1) is 12.8 Å². The number of oxazole rings is 1. The molecule has 0 bridgehead atoms. The Bertz CT molecular complexity index is 1110. The second-order valence-corrected chi connectivity index (χ2v) is 11.8. The van der Waals surface area contributed by atoms with Crippen LogP contribution < -0.4 is 0 Å². The molecule has 1 aromatic heterocycles. The molecule has 0 unspecified atom stereocenters. The van der Waals surface area contributed by atoms with E-state index in [9.17, 15) is 18.0 Å². The second-order valence-electron chi connectivity index (χ2n) is 9.49. The Hall–Kier alpha value is -2.68. The average molecular weight is 478 g/mol. The number of hydrogen-bond donors (Lipinski definition) is 0. The SMILES string of the molecule is COC(=O)c1ccc(-c2nc(CS(=O)(=O)[C@H]3CC[C@H](CC(=O)OC(C)(C)C)C3)c(C)o2)cc1. The first-order valence-corrected chi connectivity index (χ1v) is 12.7. The van der Waals surface area contributed by atoms with E-state index in [4.69, 9.17) is 9.15 Å². The van der Waals surface area contributed by atoms with E-state index in [1.54, 1.807) is 31.2 Å². The van der Waals surface area contributed by atoms with E-state index < -0.39 is 26.7 Å². The van der Waals surface area contributed by atoms with Crippen molar-refractivity contribution in [3.05, 3.63) is 41.3 Å². The Morgan fingerprint density at radius 3 is 2.42 bits per heavy atom. The van der Waals surface area contributed by atoms with Crippen molar-refractivity contribution in [1.82, 2.24) is 4.98 Å². The van der Waals surface area contributed by atoms with E-state index in [0.717, 1.165) is 0 Å². The number of aryl methyl sites for hydroxylation is 1. The highest BCUT2D eigenvalue weighted by atomic mass is 32.2. The zero-order chi connectivity index (χ0) is 24.4. The highest BCUT2D eigenvalue weighted by Crippen LogP contribution is 2.35. The van der Waals surface area contributed by atoms with Gasteiger partial charge in [0, 0.05) is 12.0 Å². The summed E-state index contributed by atoms with van der Waals surface area (Å²) in [7, 11) is -2.16. The molecule has 0 amide bonds. The molecule has 0 spiro atoms. The third-order valence-corrected chi connectivity index (χ3v) is 7.78. The van der Waals surface area contributed by atoms with Crippen molar-refractivity contribution in [3.63, 3.8) is 0 Å². The van der Waals surface area contributed by atoms with Crippen LogP contribution in [-0.4, -0.2) is 43.3 Å². The molecule has 1 aliphatic rings. The van der Waals surface area contributed by atoms with Gasteiger partial charge in [0.2, 0.25) is 5.89 Å². The minimum atomic E-state index is -3.47. The number of carbonyl (C=O) groups excluding carboxylic acids is 2. The number of rotatable bonds is 7. The lowest BCUT2D eigenvalue weighted by Crippen LogP contribution is -2.25. The third-order valence-electron chi connectivity index (χ3n) is 5.66. The Kier molecular flexibility index (Phi) is 7.31. The van der Waals surface area contributed by atoms with Crippen LogP contribution in [0.2, 0.25) is 0 Å². The van der Waals surface area contributed by atoms with Crippen LogP contribution in [0.15, 0.2) is 28.7 Å². The van der Waals surface area contributed by atoms with Crippen molar-refractivity contribution in [1.29, 1.82) is 0 Å². The summed E-state index contributed by atoms with van der Waals surface area (Å²) in [5.74, 6) is -0.217. The summed E-state index contributed by atoms with van der Waals surface area (Å²) in [6.07, 6.45) is 1.88. The molecule has 0 radical (unpaired) electrons. The molecule has 8 nitrogen and oxygen atoms in total. The molecule has 1 saturated carbocycles. The Balaban J connectivity index is 1.65. The lowest BCUT2D eigenvalue weighted by atomic mass is 10.0. The van der Waals surface area contributed by atoms with Gasteiger partial charge in [-0.15, -0.1) is 0 Å². The van der Waals surface area contributed by atoms with Crippen molar-refractivity contribution in [3.8, 4) is 11.5 Å². The number of hydrogen-bond acceptors (Lipinski definition) is 8. The normalized spacial score (nSPS) is 18.8. The number of esters is 2. The molecule has 180 valence electrons. The van der Waals surface area contributed by atoms with Crippen LogP contribution in [0.5, 0.6) is 0 Å². The quantitative estimate of drug-likeness (QED) is 0.544. The molecule has 1 fully saturated rings. The van der Waals surface area contributed by atoms with E-state index >= 15 is 0 Å². The van der Waals surface area contributed by atoms with Crippen LogP contribution in [0.25, 0.3) is 11.5 Å². The topological polar surface area (TPSA) is 113 Å². The summed E-state index contributed by atoms with van der Waals surface area (Å²) in [4.78, 5) is 28.1. The summed E-state index contributed by atoms with van der Waals surface area (Å²) in [5.41, 5.74) is 0.850. The van der Waals surface area contributed by atoms with Crippen molar-refractivity contribution in [2.24, 2.45) is 5.92 Å². The van der Waals surface area contributed by atoms with Crippen molar-refractivity contribution in [2.75, 3.05) is 7.11 Å². The summed E-state index contributed by atoms with van der Waals surface area (Å²) in [6.45, 7) is 7.13. The fourth-order valence-corrected chi connectivity index (χ4v) is 5.97. The fraction of sp³-hybridized carbons (Fsp3) is 0.542. The number of aromatic nitrogens is 1. The summed E-state index contributed by atoms with van der Waals surface area (Å²) in [5, 5.41) is -0.510. The molecule has 33 heavy (non-hydrogen) atoms. The monoisotopic (exact) mass is 477 g/mol. The smallest absolute Gasteiger partial charge is 0.337 e. The molecule has 1 heterocycles. The van der Waals surface area contributed by atoms with Gasteiger partial charge in [-0.3, -0.25) is 4.79 Å². The van der Waals surface area contributed by atoms with Crippen molar-refractivity contribution < 1.29 is 31.9 Å². The van der Waals surface area contributed by atoms with Gasteiger partial charge in [-0.1, -0.05) is 0 Å². The number of sulfone groups is 1. The molecule has 0 N–H and O–H groups in total. The van der Waals surface area contributed by atoms with Crippen LogP contribution in [0.4, 0.5) is 0 Å². The third kappa shape index (κ3) is 6.43. The Morgan fingerprint density at radius 1 is 1.15 bits per heavy atom. The minimum Gasteiger partial charge on any atom is -0.465 e. The maximum atomic E-state index is 13.1. The van der Waals surface area contributed by atoms with E-state index in [1.807, 2.05) is 20.8 Å². The van der Waals surface area contributed by atoms with Crippen LogP contribution in [0.3, 0.4) is 0 Å². The molecule has 1 aromatic carbocycles. The molecule has 1 aliphatic carbocycles. The molecule has 3 rings (SSSR count). The predicted octanol–water partition coefficient (Wildman–Crippen LogP) is 4.25. The second kappa shape index (κ2) is 9.67. The van der Waals surface area contributed by atoms with Gasteiger partial charge in [0.05, 0.1) is 29.4 Å². The number of methoxy groups -OCH3 is 1. The summed E-state index contributed by atoms with van der Waals surface area (Å²) < 4.78 is 41.9. The molecule has 0 aliphatic heterocycles. The Morgan fingerprint density at radius 2 is 1.82 bits per heavy atom. The molecular formula is C24H31NO7S. The van der Waals surface area contributed by atoms with Gasteiger partial charge in [-0.2, -0.15) is 0 Å². The zero-order valence-electron chi connectivity index (χ0n) is 19.7. The van der Waals surface area contributed by atoms with Gasteiger partial charge >= 0.3 is 11.9 Å². The van der Waals surface area contributed by atoms with Crippen LogP contribution in [-0.2, 0) is 29.9 Å². The van der Waals surface area contributed by atoms with Crippen LogP contribution in [0.1, 0.15) is 68.3 Å². The highest BCUT2D eigenvalue weighted by molar-refractivity contribution is 7.91. The lowest BCUT2D eigenvalue weighted by molar-refractivity contribution is -0.155. The number of carbonyl (C=O) groups is 2. The number of nitrogens with zero attached hydrogens (tertiary/aromatic N) is 1. The largest absolute Gasteiger partial charge is 0.465 e. The zero-order valence-corrected chi connectivity index (χ0v) is 20.5. The summed E-state index contributed by atoms with van der Waals surface area (Å²) in [6, 6.07) is 6.54. The lowest BCUT2D eigenvalue weighted by Gasteiger charge is -2.20. The average Bonchev–Trinajstić information content (AvgIpc) is 3.33. The highest BCUT2D eigenvalue weighted by Gasteiger charge is 2.36. The van der Waals surface area contributed by atoms with E-state index in [1.165, 1.54) is 7.11 Å². The fourth-order valence-electron chi connectivity index (χ4n) is 4.02. The van der Waals surface area contributed by atoms with Gasteiger partial charge in [0.25, 0.3) is 0 Å². The van der Waals surface area contributed by atoms with E-state index in [2.05, 4.69) is 9.72 Å². The van der Waals surface area contributed by atoms with Crippen LogP contribution >= 0.6 is 0 Å². The number of ether oxygens (including phenoxy) is 2. The molecule has 2 atom stereocenters. The van der Waals surface area contributed by atoms with Crippen molar-refractivity contribution in [2.45, 2.75) is 70.0 Å². The molecule has 0 saturated heterocycles.